The van der Waals surface area contributed by atoms with Gasteiger partial charge >= 0.3 is 0 Å². The number of methoxy groups -OCH3 is 3. The summed E-state index contributed by atoms with van der Waals surface area (Å²) in [4.78, 5) is 0. The number of rotatable bonds is 5. The van der Waals surface area contributed by atoms with Gasteiger partial charge in [0.25, 0.3) is 0 Å². The molecule has 2 aromatic carbocycles. The van der Waals surface area contributed by atoms with Crippen LogP contribution in [0.5, 0.6) is 17.2 Å². The number of halogens is 2. The van der Waals surface area contributed by atoms with Gasteiger partial charge in [-0.15, -0.1) is 11.6 Å². The summed E-state index contributed by atoms with van der Waals surface area (Å²) in [5.74, 6) is 2.09. The number of hydrogen-bond donors (Lipinski definition) is 0. The minimum Gasteiger partial charge on any atom is -0.496 e. The van der Waals surface area contributed by atoms with E-state index in [1.54, 1.807) is 21.3 Å². The molecule has 0 aliphatic rings. The third-order valence-corrected chi connectivity index (χ3v) is 4.42. The van der Waals surface area contributed by atoms with Crippen LogP contribution >= 0.6 is 27.5 Å². The molecule has 0 heterocycles. The van der Waals surface area contributed by atoms with Crippen LogP contribution in [0.3, 0.4) is 0 Å². The van der Waals surface area contributed by atoms with E-state index in [0.717, 1.165) is 21.3 Å². The molecule has 0 radical (unpaired) electrons. The van der Waals surface area contributed by atoms with Gasteiger partial charge in [0.1, 0.15) is 21.7 Å². The highest BCUT2D eigenvalue weighted by Crippen LogP contribution is 2.45. The number of hydrogen-bond acceptors (Lipinski definition) is 3. The molecule has 2 rings (SSSR count). The Morgan fingerprint density at radius 1 is 0.857 bits per heavy atom. The van der Waals surface area contributed by atoms with Crippen LogP contribution in [0.2, 0.25) is 0 Å². The fourth-order valence-electron chi connectivity index (χ4n) is 2.16. The molecule has 0 aliphatic heterocycles. The predicted molar refractivity (Wildman–Crippen MR) is 87.9 cm³/mol. The molecule has 2 aromatic rings. The zero-order valence-corrected chi connectivity index (χ0v) is 14.4. The van der Waals surface area contributed by atoms with Crippen molar-refractivity contribution in [3.63, 3.8) is 0 Å². The second kappa shape index (κ2) is 7.05. The predicted octanol–water partition coefficient (Wildman–Crippen LogP) is 4.80. The van der Waals surface area contributed by atoms with E-state index in [4.69, 9.17) is 25.8 Å². The molecule has 0 fully saturated rings. The normalized spacial score (nSPS) is 11.9. The van der Waals surface area contributed by atoms with E-state index in [-0.39, 0.29) is 0 Å². The molecule has 3 nitrogen and oxygen atoms in total. The molecule has 0 amide bonds. The van der Waals surface area contributed by atoms with E-state index >= 15 is 0 Å². The first-order valence-electron chi connectivity index (χ1n) is 6.31. The van der Waals surface area contributed by atoms with Crippen molar-refractivity contribution in [3.05, 3.63) is 52.0 Å². The Hall–Kier alpha value is -1.39. The Bertz CT molecular complexity index is 631. The highest BCUT2D eigenvalue weighted by molar-refractivity contribution is 9.10. The number of para-hydroxylation sites is 1. The molecule has 5 heteroatoms. The maximum atomic E-state index is 6.65. The van der Waals surface area contributed by atoms with Crippen LogP contribution < -0.4 is 14.2 Å². The first-order chi connectivity index (χ1) is 10.1. The van der Waals surface area contributed by atoms with Crippen molar-refractivity contribution in [2.24, 2.45) is 0 Å². The largest absolute Gasteiger partial charge is 0.496 e. The number of alkyl halides is 1. The zero-order valence-electron chi connectivity index (χ0n) is 12.0. The summed E-state index contributed by atoms with van der Waals surface area (Å²) in [5.41, 5.74) is 1.73. The van der Waals surface area contributed by atoms with Crippen LogP contribution in [0.4, 0.5) is 0 Å². The Kier molecular flexibility index (Phi) is 5.37. The van der Waals surface area contributed by atoms with E-state index < -0.39 is 5.38 Å². The summed E-state index contributed by atoms with van der Waals surface area (Å²) in [6.45, 7) is 0. The van der Waals surface area contributed by atoms with Gasteiger partial charge in [0.05, 0.1) is 26.7 Å². The lowest BCUT2D eigenvalue weighted by Crippen LogP contribution is -2.01. The first kappa shape index (κ1) is 16.0. The monoisotopic (exact) mass is 370 g/mol. The van der Waals surface area contributed by atoms with E-state index in [1.807, 2.05) is 36.4 Å². The second-order valence-electron chi connectivity index (χ2n) is 4.31. The van der Waals surface area contributed by atoms with Gasteiger partial charge in [0.2, 0.25) is 0 Å². The quantitative estimate of drug-likeness (QED) is 0.706. The van der Waals surface area contributed by atoms with Crippen molar-refractivity contribution in [3.8, 4) is 17.2 Å². The fraction of sp³-hybridized carbons (Fsp3) is 0.250. The first-order valence-corrected chi connectivity index (χ1v) is 7.54. The van der Waals surface area contributed by atoms with Crippen molar-refractivity contribution < 1.29 is 14.2 Å². The van der Waals surface area contributed by atoms with Crippen LogP contribution in [0.1, 0.15) is 16.5 Å². The Morgan fingerprint density at radius 3 is 2.14 bits per heavy atom. The highest BCUT2D eigenvalue weighted by Gasteiger charge is 2.22. The summed E-state index contributed by atoms with van der Waals surface area (Å²) in [6.07, 6.45) is 0. The lowest BCUT2D eigenvalue weighted by molar-refractivity contribution is 0.385. The molecule has 0 N–H and O–H groups in total. The summed E-state index contributed by atoms with van der Waals surface area (Å²) in [5, 5.41) is -0.390. The number of benzene rings is 2. The maximum Gasteiger partial charge on any atom is 0.141 e. The van der Waals surface area contributed by atoms with Gasteiger partial charge in [-0.25, -0.2) is 0 Å². The molecular weight excluding hydrogens is 356 g/mol. The molecule has 21 heavy (non-hydrogen) atoms. The summed E-state index contributed by atoms with van der Waals surface area (Å²) in [7, 11) is 4.84. The standard InChI is InChI=1S/C16H16BrClO3/c1-19-12-7-5-4-6-10(12)15(18)11-8-9-13(20-2)14(17)16(11)21-3/h4-9,15H,1-3H3. The Labute approximate surface area is 137 Å². The average Bonchev–Trinajstić information content (AvgIpc) is 2.53. The molecule has 0 saturated heterocycles. The van der Waals surface area contributed by atoms with Gasteiger partial charge in [-0.2, -0.15) is 0 Å². The van der Waals surface area contributed by atoms with Crippen molar-refractivity contribution in [1.82, 2.24) is 0 Å². The minimum absolute atomic E-state index is 0.390. The van der Waals surface area contributed by atoms with Gasteiger partial charge in [-0.05, 0) is 34.1 Å². The molecule has 0 bridgehead atoms. The van der Waals surface area contributed by atoms with Crippen molar-refractivity contribution in [1.29, 1.82) is 0 Å². The SMILES string of the molecule is COc1ccccc1C(Cl)c1ccc(OC)c(Br)c1OC. The third kappa shape index (κ3) is 3.11. The maximum absolute atomic E-state index is 6.65. The van der Waals surface area contributed by atoms with Crippen LogP contribution in [0, 0.1) is 0 Å². The molecule has 0 saturated carbocycles. The third-order valence-electron chi connectivity index (χ3n) is 3.20. The van der Waals surface area contributed by atoms with Crippen molar-refractivity contribution in [2.45, 2.75) is 5.38 Å². The summed E-state index contributed by atoms with van der Waals surface area (Å²) in [6, 6.07) is 11.4. The summed E-state index contributed by atoms with van der Waals surface area (Å²) < 4.78 is 16.9. The van der Waals surface area contributed by atoms with Crippen molar-refractivity contribution in [2.75, 3.05) is 21.3 Å². The molecule has 0 spiro atoms. The van der Waals surface area contributed by atoms with Crippen LogP contribution in [-0.4, -0.2) is 21.3 Å². The van der Waals surface area contributed by atoms with Gasteiger partial charge in [0.15, 0.2) is 0 Å². The van der Waals surface area contributed by atoms with E-state index in [9.17, 15) is 0 Å². The molecule has 112 valence electrons. The molecule has 1 atom stereocenters. The summed E-state index contributed by atoms with van der Waals surface area (Å²) >= 11 is 10.1. The highest BCUT2D eigenvalue weighted by atomic mass is 79.9. The zero-order chi connectivity index (χ0) is 15.4. The van der Waals surface area contributed by atoms with Gasteiger partial charge in [-0.3, -0.25) is 0 Å². The second-order valence-corrected chi connectivity index (χ2v) is 5.54. The smallest absolute Gasteiger partial charge is 0.141 e. The molecule has 0 aromatic heterocycles. The van der Waals surface area contributed by atoms with Crippen molar-refractivity contribution >= 4 is 27.5 Å². The lowest BCUT2D eigenvalue weighted by atomic mass is 10.0. The lowest BCUT2D eigenvalue weighted by Gasteiger charge is -2.19. The van der Waals surface area contributed by atoms with Crippen LogP contribution in [0.25, 0.3) is 0 Å². The number of ether oxygens (including phenoxy) is 3. The van der Waals surface area contributed by atoms with Gasteiger partial charge < -0.3 is 14.2 Å². The van der Waals surface area contributed by atoms with Gasteiger partial charge in [-0.1, -0.05) is 18.2 Å². The van der Waals surface area contributed by atoms with E-state index in [1.165, 1.54) is 0 Å². The molecular formula is C16H16BrClO3. The van der Waals surface area contributed by atoms with Crippen LogP contribution in [-0.2, 0) is 0 Å². The van der Waals surface area contributed by atoms with Crippen LogP contribution in [0.15, 0.2) is 40.9 Å². The topological polar surface area (TPSA) is 27.7 Å². The molecule has 1 unspecified atom stereocenters. The van der Waals surface area contributed by atoms with E-state index in [0.29, 0.717) is 11.5 Å². The Balaban J connectivity index is 2.53. The average molecular weight is 372 g/mol. The van der Waals surface area contributed by atoms with E-state index in [2.05, 4.69) is 15.9 Å². The Morgan fingerprint density at radius 2 is 1.52 bits per heavy atom. The minimum atomic E-state index is -0.390. The fourth-order valence-corrected chi connectivity index (χ4v) is 3.20. The molecule has 0 aliphatic carbocycles. The van der Waals surface area contributed by atoms with Gasteiger partial charge in [0, 0.05) is 11.1 Å².